The van der Waals surface area contributed by atoms with Gasteiger partial charge in [-0.2, -0.15) is 0 Å². The number of unbranched alkanes of at least 4 members (excludes halogenated alkanes) is 48. The number of esters is 4. The summed E-state index contributed by atoms with van der Waals surface area (Å²) < 4.78 is 68.8. The number of hydrogen-bond donors (Lipinski definition) is 3. The first-order valence-corrected chi connectivity index (χ1v) is 45.9. The van der Waals surface area contributed by atoms with Crippen LogP contribution in [0.25, 0.3) is 0 Å². The number of phosphoric acid groups is 2. The third-order valence-corrected chi connectivity index (χ3v) is 21.6. The monoisotopic (exact) mass is 1490 g/mol. The molecular weight excluding hydrogens is 1330 g/mol. The molecule has 3 N–H and O–H groups in total. The van der Waals surface area contributed by atoms with Crippen molar-refractivity contribution in [1.29, 1.82) is 0 Å². The van der Waals surface area contributed by atoms with E-state index in [9.17, 15) is 43.2 Å². The molecule has 0 spiro atoms. The van der Waals surface area contributed by atoms with Crippen molar-refractivity contribution in [2.75, 3.05) is 39.6 Å². The first-order chi connectivity index (χ1) is 49.3. The van der Waals surface area contributed by atoms with Crippen molar-refractivity contribution in [2.45, 2.75) is 452 Å². The highest BCUT2D eigenvalue weighted by Crippen LogP contribution is 2.45. The van der Waals surface area contributed by atoms with E-state index in [1.807, 2.05) is 0 Å². The van der Waals surface area contributed by atoms with Gasteiger partial charge in [-0.25, -0.2) is 9.13 Å². The van der Waals surface area contributed by atoms with Crippen LogP contribution < -0.4 is 0 Å². The van der Waals surface area contributed by atoms with Crippen molar-refractivity contribution in [2.24, 2.45) is 17.8 Å². The molecule has 3 unspecified atom stereocenters. The number of rotatable bonds is 81. The maximum Gasteiger partial charge on any atom is 0.472 e. The Bertz CT molecular complexity index is 1980. The summed E-state index contributed by atoms with van der Waals surface area (Å²) in [5, 5.41) is 10.7. The Morgan fingerprint density at radius 3 is 0.745 bits per heavy atom. The van der Waals surface area contributed by atoms with E-state index in [0.717, 1.165) is 108 Å². The Hall–Kier alpha value is -1.94. The van der Waals surface area contributed by atoms with E-state index in [4.69, 9.17) is 37.0 Å². The van der Waals surface area contributed by atoms with E-state index in [1.165, 1.54) is 244 Å². The van der Waals surface area contributed by atoms with Crippen molar-refractivity contribution in [3.05, 3.63) is 0 Å². The molecule has 0 aromatic heterocycles. The molecule has 0 aromatic rings. The molecule has 0 radical (unpaired) electrons. The Kier molecular flexibility index (Phi) is 71.8. The van der Waals surface area contributed by atoms with E-state index in [2.05, 4.69) is 48.5 Å². The number of hydrogen-bond acceptors (Lipinski definition) is 15. The van der Waals surface area contributed by atoms with E-state index >= 15 is 0 Å². The minimum absolute atomic E-state index is 0.106. The largest absolute Gasteiger partial charge is 0.472 e. The third kappa shape index (κ3) is 74.9. The van der Waals surface area contributed by atoms with Gasteiger partial charge < -0.3 is 33.8 Å². The van der Waals surface area contributed by atoms with Crippen LogP contribution in [0.2, 0.25) is 0 Å². The minimum Gasteiger partial charge on any atom is -0.462 e. The maximum atomic E-state index is 13.1. The number of carbonyl (C=O) groups is 4. The molecule has 0 aromatic carbocycles. The second kappa shape index (κ2) is 73.2. The van der Waals surface area contributed by atoms with Crippen LogP contribution in [0.15, 0.2) is 0 Å². The Morgan fingerprint density at radius 2 is 0.500 bits per heavy atom. The molecular formula is C83H162O17P2. The molecule has 0 amide bonds. The molecule has 0 aliphatic heterocycles. The molecule has 0 aliphatic rings. The smallest absolute Gasteiger partial charge is 0.462 e. The second-order valence-corrected chi connectivity index (χ2v) is 34.0. The van der Waals surface area contributed by atoms with Gasteiger partial charge in [-0.3, -0.25) is 37.3 Å². The van der Waals surface area contributed by atoms with Gasteiger partial charge in [0.1, 0.15) is 19.3 Å². The number of phosphoric ester groups is 2. The molecule has 0 heterocycles. The zero-order valence-electron chi connectivity index (χ0n) is 67.1. The normalized spacial score (nSPS) is 14.2. The van der Waals surface area contributed by atoms with E-state index in [1.54, 1.807) is 0 Å². The molecule has 6 atom stereocenters. The SMILES string of the molecule is CCCCCCCCCCCCCCCCCCCCCCC(=O)O[C@H](COC(=O)CCCCCCCCCCCCCCC(C)C)COP(=O)(O)OC[C@@H](O)COP(=O)(O)OC[C@@H](COC(=O)CCCCCCCCCCC(C)CC)OC(=O)CCCCCCCCCCCCCCC(C)C. The maximum absolute atomic E-state index is 13.1. The molecule has 19 heteroatoms. The lowest BCUT2D eigenvalue weighted by molar-refractivity contribution is -0.161. The van der Waals surface area contributed by atoms with Crippen LogP contribution in [0.3, 0.4) is 0 Å². The molecule has 0 rings (SSSR count). The van der Waals surface area contributed by atoms with Crippen LogP contribution >= 0.6 is 15.6 Å². The lowest BCUT2D eigenvalue weighted by Crippen LogP contribution is -2.30. The fourth-order valence-electron chi connectivity index (χ4n) is 12.8. The molecule has 0 saturated carbocycles. The van der Waals surface area contributed by atoms with Crippen molar-refractivity contribution in [3.63, 3.8) is 0 Å². The van der Waals surface area contributed by atoms with Gasteiger partial charge in [0.2, 0.25) is 0 Å². The van der Waals surface area contributed by atoms with Gasteiger partial charge in [0.25, 0.3) is 0 Å². The fourth-order valence-corrected chi connectivity index (χ4v) is 14.4. The van der Waals surface area contributed by atoms with Crippen molar-refractivity contribution >= 4 is 39.5 Å². The zero-order valence-corrected chi connectivity index (χ0v) is 68.9. The number of ether oxygens (including phenoxy) is 4. The average Bonchev–Trinajstić information content (AvgIpc) is 0.916. The summed E-state index contributed by atoms with van der Waals surface area (Å²) in [4.78, 5) is 73.1. The first kappa shape index (κ1) is 100. The Morgan fingerprint density at radius 1 is 0.284 bits per heavy atom. The summed E-state index contributed by atoms with van der Waals surface area (Å²) in [6.45, 7) is 12.0. The quantitative estimate of drug-likeness (QED) is 0.0222. The highest BCUT2D eigenvalue weighted by Gasteiger charge is 2.30. The van der Waals surface area contributed by atoms with Gasteiger partial charge in [0, 0.05) is 25.7 Å². The van der Waals surface area contributed by atoms with Gasteiger partial charge in [-0.15, -0.1) is 0 Å². The van der Waals surface area contributed by atoms with Gasteiger partial charge in [-0.1, -0.05) is 382 Å². The molecule has 0 aliphatic carbocycles. The minimum atomic E-state index is -4.96. The average molecular weight is 1490 g/mol. The second-order valence-electron chi connectivity index (χ2n) is 31.1. The summed E-state index contributed by atoms with van der Waals surface area (Å²) in [5.41, 5.74) is 0. The number of aliphatic hydroxyl groups excluding tert-OH is 1. The van der Waals surface area contributed by atoms with E-state index in [-0.39, 0.29) is 25.7 Å². The zero-order chi connectivity index (χ0) is 75.1. The Balaban J connectivity index is 5.26. The van der Waals surface area contributed by atoms with Gasteiger partial charge in [0.15, 0.2) is 12.2 Å². The van der Waals surface area contributed by atoms with Crippen LogP contribution in [-0.4, -0.2) is 96.7 Å². The predicted octanol–water partition coefficient (Wildman–Crippen LogP) is 24.9. The van der Waals surface area contributed by atoms with E-state index in [0.29, 0.717) is 25.7 Å². The molecule has 17 nitrogen and oxygen atoms in total. The van der Waals surface area contributed by atoms with E-state index < -0.39 is 97.5 Å². The highest BCUT2D eigenvalue weighted by molar-refractivity contribution is 7.47. The molecule has 0 bridgehead atoms. The molecule has 606 valence electrons. The van der Waals surface area contributed by atoms with Gasteiger partial charge in [-0.05, 0) is 43.4 Å². The topological polar surface area (TPSA) is 237 Å². The van der Waals surface area contributed by atoms with Crippen LogP contribution in [0.5, 0.6) is 0 Å². The lowest BCUT2D eigenvalue weighted by atomic mass is 9.99. The fraction of sp³-hybridized carbons (Fsp3) is 0.952. The Labute approximate surface area is 626 Å². The third-order valence-electron chi connectivity index (χ3n) is 19.7. The van der Waals surface area contributed by atoms with Crippen LogP contribution in [0.4, 0.5) is 0 Å². The molecule has 0 saturated heterocycles. The lowest BCUT2D eigenvalue weighted by Gasteiger charge is -2.21. The van der Waals surface area contributed by atoms with Crippen molar-refractivity contribution < 1.29 is 80.2 Å². The standard InChI is InChI=1S/C83H162O17P2/c1-8-10-11-12-13-14-15-16-17-18-19-20-21-22-23-31-36-45-52-59-66-82(87)99-78(70-93-80(85)64-57-50-43-35-30-26-24-28-33-40-47-54-61-74(3)4)72-97-101(89,90)95-68-77(84)69-96-102(91,92)98-73-79(71-94-81(86)65-58-51-44-39-38-42-49-56-63-76(7)9-2)100-83(88)67-60-53-46-37-32-27-25-29-34-41-48-55-62-75(5)6/h74-79,84H,8-73H2,1-7H3,(H,89,90)(H,91,92)/t76?,77-,78-,79-/m1/s1. The summed E-state index contributed by atoms with van der Waals surface area (Å²) in [6, 6.07) is 0. The van der Waals surface area contributed by atoms with Crippen LogP contribution in [-0.2, 0) is 65.4 Å². The number of aliphatic hydroxyl groups is 1. The van der Waals surface area contributed by atoms with Crippen LogP contribution in [0.1, 0.15) is 434 Å². The highest BCUT2D eigenvalue weighted by atomic mass is 31.2. The molecule has 102 heavy (non-hydrogen) atoms. The van der Waals surface area contributed by atoms with Gasteiger partial charge >= 0.3 is 39.5 Å². The summed E-state index contributed by atoms with van der Waals surface area (Å²) in [6.07, 6.45) is 62.4. The van der Waals surface area contributed by atoms with Crippen molar-refractivity contribution in [1.82, 2.24) is 0 Å². The van der Waals surface area contributed by atoms with Crippen molar-refractivity contribution in [3.8, 4) is 0 Å². The number of carbonyl (C=O) groups excluding carboxylic acids is 4. The molecule has 0 fully saturated rings. The predicted molar refractivity (Wildman–Crippen MR) is 418 cm³/mol. The summed E-state index contributed by atoms with van der Waals surface area (Å²) >= 11 is 0. The van der Waals surface area contributed by atoms with Gasteiger partial charge in [0.05, 0.1) is 26.4 Å². The first-order valence-electron chi connectivity index (χ1n) is 42.9. The summed E-state index contributed by atoms with van der Waals surface area (Å²) in [5.74, 6) is 0.227. The van der Waals surface area contributed by atoms with Crippen LogP contribution in [0, 0.1) is 17.8 Å². The summed E-state index contributed by atoms with van der Waals surface area (Å²) in [7, 11) is -9.93.